The monoisotopic (exact) mass is 429 g/mol. The summed E-state index contributed by atoms with van der Waals surface area (Å²) in [5.74, 6) is -0.551. The van der Waals surface area contributed by atoms with Gasteiger partial charge in [0.1, 0.15) is 5.82 Å². The molecule has 6 nitrogen and oxygen atoms in total. The Morgan fingerprint density at radius 1 is 1.00 bits per heavy atom. The van der Waals surface area contributed by atoms with Gasteiger partial charge in [-0.15, -0.1) is 0 Å². The predicted octanol–water partition coefficient (Wildman–Crippen LogP) is 4.03. The fraction of sp³-hybridized carbons (Fsp3) is 0.227. The van der Waals surface area contributed by atoms with Crippen LogP contribution in [0.1, 0.15) is 6.42 Å². The molecule has 2 amide bonds. The SMILES string of the molecule is CN(C)c1cccc2c(S(=O)(=O)CCCNC(=O)Nc3cccc(F)c3)cccc12. The van der Waals surface area contributed by atoms with E-state index >= 15 is 0 Å². The van der Waals surface area contributed by atoms with Crippen LogP contribution in [0.25, 0.3) is 10.8 Å². The smallest absolute Gasteiger partial charge is 0.319 e. The molecule has 3 rings (SSSR count). The van der Waals surface area contributed by atoms with Gasteiger partial charge < -0.3 is 15.5 Å². The van der Waals surface area contributed by atoms with Crippen molar-refractivity contribution in [2.45, 2.75) is 11.3 Å². The number of benzene rings is 3. The summed E-state index contributed by atoms with van der Waals surface area (Å²) >= 11 is 0. The van der Waals surface area contributed by atoms with Crippen LogP contribution in [0, 0.1) is 5.82 Å². The number of halogens is 1. The summed E-state index contributed by atoms with van der Waals surface area (Å²) < 4.78 is 39.0. The number of anilines is 2. The second-order valence-electron chi connectivity index (χ2n) is 7.09. The van der Waals surface area contributed by atoms with Crippen molar-refractivity contribution in [3.05, 3.63) is 66.5 Å². The number of carbonyl (C=O) groups excluding carboxylic acids is 1. The van der Waals surface area contributed by atoms with E-state index in [1.807, 2.05) is 37.2 Å². The Morgan fingerprint density at radius 3 is 2.43 bits per heavy atom. The summed E-state index contributed by atoms with van der Waals surface area (Å²) in [5, 5.41) is 6.65. The average molecular weight is 430 g/mol. The lowest BCUT2D eigenvalue weighted by Gasteiger charge is -2.17. The number of nitrogens with zero attached hydrogens (tertiary/aromatic N) is 1. The highest BCUT2D eigenvalue weighted by Crippen LogP contribution is 2.30. The van der Waals surface area contributed by atoms with E-state index in [0.717, 1.165) is 11.1 Å². The Morgan fingerprint density at radius 2 is 1.70 bits per heavy atom. The lowest BCUT2D eigenvalue weighted by atomic mass is 10.1. The average Bonchev–Trinajstić information content (AvgIpc) is 2.70. The zero-order valence-electron chi connectivity index (χ0n) is 16.9. The lowest BCUT2D eigenvalue weighted by molar-refractivity contribution is 0.252. The Kier molecular flexibility index (Phi) is 6.56. The van der Waals surface area contributed by atoms with E-state index in [2.05, 4.69) is 10.6 Å². The van der Waals surface area contributed by atoms with Gasteiger partial charge in [0.25, 0.3) is 0 Å². The predicted molar refractivity (Wildman–Crippen MR) is 118 cm³/mol. The fourth-order valence-corrected chi connectivity index (χ4v) is 4.78. The van der Waals surface area contributed by atoms with Gasteiger partial charge in [-0.05, 0) is 36.8 Å². The first-order valence-electron chi connectivity index (χ1n) is 9.50. The summed E-state index contributed by atoms with van der Waals surface area (Å²) in [7, 11) is 0.295. The zero-order valence-corrected chi connectivity index (χ0v) is 17.7. The third-order valence-electron chi connectivity index (χ3n) is 4.63. The maximum absolute atomic E-state index is 13.2. The molecule has 3 aromatic carbocycles. The van der Waals surface area contributed by atoms with Crippen LogP contribution in [-0.2, 0) is 9.84 Å². The summed E-state index contributed by atoms with van der Waals surface area (Å²) in [6.07, 6.45) is 0.253. The highest BCUT2D eigenvalue weighted by molar-refractivity contribution is 7.91. The van der Waals surface area contributed by atoms with E-state index in [1.54, 1.807) is 24.3 Å². The van der Waals surface area contributed by atoms with Crippen molar-refractivity contribution in [2.75, 3.05) is 36.6 Å². The van der Waals surface area contributed by atoms with Crippen molar-refractivity contribution < 1.29 is 17.6 Å². The second kappa shape index (κ2) is 9.13. The molecular formula is C22H24FN3O3S. The van der Waals surface area contributed by atoms with Crippen LogP contribution >= 0.6 is 0 Å². The van der Waals surface area contributed by atoms with Crippen molar-refractivity contribution in [3.8, 4) is 0 Å². The van der Waals surface area contributed by atoms with Crippen molar-refractivity contribution in [2.24, 2.45) is 0 Å². The lowest BCUT2D eigenvalue weighted by Crippen LogP contribution is -2.30. The molecule has 0 radical (unpaired) electrons. The number of nitrogens with one attached hydrogen (secondary N) is 2. The molecule has 0 aromatic heterocycles. The number of amides is 2. The quantitative estimate of drug-likeness (QED) is 0.556. The molecule has 2 N–H and O–H groups in total. The van der Waals surface area contributed by atoms with Crippen molar-refractivity contribution >= 4 is 38.0 Å². The van der Waals surface area contributed by atoms with Crippen LogP contribution in [0.2, 0.25) is 0 Å². The largest absolute Gasteiger partial charge is 0.377 e. The highest BCUT2D eigenvalue weighted by Gasteiger charge is 2.18. The summed E-state index contributed by atoms with van der Waals surface area (Å²) in [6, 6.07) is 15.9. The fourth-order valence-electron chi connectivity index (χ4n) is 3.24. The first kappa shape index (κ1) is 21.6. The van der Waals surface area contributed by atoms with Gasteiger partial charge in [0.05, 0.1) is 10.6 Å². The first-order valence-corrected chi connectivity index (χ1v) is 11.2. The molecule has 0 bridgehead atoms. The standard InChI is InChI=1S/C22H24FN3O3S/c1-26(2)20-11-4-10-19-18(20)9-5-12-21(19)30(28,29)14-6-13-24-22(27)25-17-8-3-7-16(23)15-17/h3-5,7-12,15H,6,13-14H2,1-2H3,(H2,24,25,27). The molecule has 0 aliphatic heterocycles. The maximum Gasteiger partial charge on any atom is 0.319 e. The minimum absolute atomic E-state index is 0.0987. The van der Waals surface area contributed by atoms with E-state index in [-0.39, 0.29) is 23.6 Å². The van der Waals surface area contributed by atoms with Gasteiger partial charge in [0.2, 0.25) is 0 Å². The van der Waals surface area contributed by atoms with Crippen LogP contribution in [0.3, 0.4) is 0 Å². The van der Waals surface area contributed by atoms with Gasteiger partial charge in [-0.2, -0.15) is 0 Å². The Balaban J connectivity index is 1.63. The Labute approximate surface area is 175 Å². The number of urea groups is 1. The van der Waals surface area contributed by atoms with Crippen LogP contribution < -0.4 is 15.5 Å². The maximum atomic E-state index is 13.2. The zero-order chi connectivity index (χ0) is 21.7. The second-order valence-corrected chi connectivity index (χ2v) is 9.16. The van der Waals surface area contributed by atoms with Crippen LogP contribution in [0.5, 0.6) is 0 Å². The van der Waals surface area contributed by atoms with E-state index in [1.165, 1.54) is 18.2 Å². The molecule has 8 heteroatoms. The van der Waals surface area contributed by atoms with Crippen LogP contribution in [-0.4, -0.2) is 40.8 Å². The number of sulfone groups is 1. The Bertz CT molecular complexity index is 1160. The van der Waals surface area contributed by atoms with Crippen molar-refractivity contribution in [1.82, 2.24) is 5.32 Å². The van der Waals surface area contributed by atoms with Crippen LogP contribution in [0.15, 0.2) is 65.6 Å². The molecule has 3 aromatic rings. The molecule has 30 heavy (non-hydrogen) atoms. The topological polar surface area (TPSA) is 78.5 Å². The van der Waals surface area contributed by atoms with E-state index < -0.39 is 21.7 Å². The number of hydrogen-bond donors (Lipinski definition) is 2. The van der Waals surface area contributed by atoms with Gasteiger partial charge >= 0.3 is 6.03 Å². The van der Waals surface area contributed by atoms with E-state index in [4.69, 9.17) is 0 Å². The molecule has 0 fully saturated rings. The van der Waals surface area contributed by atoms with Crippen molar-refractivity contribution in [1.29, 1.82) is 0 Å². The Hall–Kier alpha value is -3.13. The van der Waals surface area contributed by atoms with Crippen molar-refractivity contribution in [3.63, 3.8) is 0 Å². The molecular weight excluding hydrogens is 405 g/mol. The van der Waals surface area contributed by atoms with Gasteiger partial charge in [-0.3, -0.25) is 0 Å². The van der Waals surface area contributed by atoms with Gasteiger partial charge in [0, 0.05) is 42.8 Å². The minimum atomic E-state index is -3.53. The molecule has 0 saturated heterocycles. The van der Waals surface area contributed by atoms with Gasteiger partial charge in [-0.25, -0.2) is 17.6 Å². The third kappa shape index (κ3) is 5.07. The van der Waals surface area contributed by atoms with E-state index in [9.17, 15) is 17.6 Å². The normalized spacial score (nSPS) is 11.3. The summed E-state index contributed by atoms with van der Waals surface area (Å²) in [4.78, 5) is 14.1. The molecule has 0 aliphatic rings. The molecule has 0 spiro atoms. The molecule has 0 aliphatic carbocycles. The minimum Gasteiger partial charge on any atom is -0.377 e. The molecule has 158 valence electrons. The molecule has 0 atom stereocenters. The number of carbonyl (C=O) groups is 1. The molecule has 0 saturated carbocycles. The first-order chi connectivity index (χ1) is 14.3. The highest BCUT2D eigenvalue weighted by atomic mass is 32.2. The molecule has 0 unspecified atom stereocenters. The summed E-state index contributed by atoms with van der Waals surface area (Å²) in [5.41, 5.74) is 1.27. The van der Waals surface area contributed by atoms with Crippen LogP contribution in [0.4, 0.5) is 20.6 Å². The number of rotatable bonds is 7. The van der Waals surface area contributed by atoms with Gasteiger partial charge in [0.15, 0.2) is 9.84 Å². The molecule has 0 heterocycles. The van der Waals surface area contributed by atoms with E-state index in [0.29, 0.717) is 11.1 Å². The summed E-state index contributed by atoms with van der Waals surface area (Å²) in [6.45, 7) is 0.175. The number of fused-ring (bicyclic) bond motifs is 1. The third-order valence-corrected chi connectivity index (χ3v) is 6.49. The van der Waals surface area contributed by atoms with Gasteiger partial charge in [-0.1, -0.05) is 30.3 Å². The number of hydrogen-bond acceptors (Lipinski definition) is 4.